The highest BCUT2D eigenvalue weighted by Gasteiger charge is 2.13. The number of hydrogen-bond donors (Lipinski definition) is 1. The van der Waals surface area contributed by atoms with Gasteiger partial charge in [0.1, 0.15) is 0 Å². The highest BCUT2D eigenvalue weighted by molar-refractivity contribution is 6.30. The van der Waals surface area contributed by atoms with Gasteiger partial charge in [0.25, 0.3) is 11.8 Å². The predicted octanol–water partition coefficient (Wildman–Crippen LogP) is 4.77. The zero-order valence-electron chi connectivity index (χ0n) is 14.8. The van der Waals surface area contributed by atoms with Gasteiger partial charge in [0, 0.05) is 35.4 Å². The van der Waals surface area contributed by atoms with Crippen molar-refractivity contribution in [1.29, 1.82) is 0 Å². The molecule has 2 rings (SSSR count). The molecule has 0 saturated carbocycles. The summed E-state index contributed by atoms with van der Waals surface area (Å²) in [5, 5.41) is 3.49. The fourth-order valence-electron chi connectivity index (χ4n) is 2.44. The number of nitrogens with one attached hydrogen (secondary N) is 1. The van der Waals surface area contributed by atoms with Crippen molar-refractivity contribution >= 4 is 29.1 Å². The third-order valence-corrected chi connectivity index (χ3v) is 4.26. The quantitative estimate of drug-likeness (QED) is 0.808. The molecule has 0 aliphatic rings. The Morgan fingerprint density at radius 1 is 1.08 bits per heavy atom. The smallest absolute Gasteiger partial charge is 0.255 e. The van der Waals surface area contributed by atoms with Gasteiger partial charge in [-0.2, -0.15) is 0 Å². The summed E-state index contributed by atoms with van der Waals surface area (Å²) in [6.45, 7) is 4.71. The third-order valence-electron chi connectivity index (χ3n) is 4.02. The molecule has 0 unspecified atom stereocenters. The summed E-state index contributed by atoms with van der Waals surface area (Å²) in [4.78, 5) is 26.4. The molecular weight excluding hydrogens is 336 g/mol. The lowest BCUT2D eigenvalue weighted by atomic mass is 10.1. The molecule has 25 heavy (non-hydrogen) atoms. The molecule has 0 aromatic heterocycles. The molecule has 2 aromatic rings. The number of hydrogen-bond acceptors (Lipinski definition) is 2. The van der Waals surface area contributed by atoms with Crippen LogP contribution in [-0.2, 0) is 0 Å². The van der Waals surface area contributed by atoms with Crippen molar-refractivity contribution in [3.05, 3.63) is 64.2 Å². The SMILES string of the molecule is CCCCN(C)C(=O)c1ccc(C(=O)Nc2ccc(Cl)cc2C)cc1. The van der Waals surface area contributed by atoms with Gasteiger partial charge in [-0.3, -0.25) is 9.59 Å². The predicted molar refractivity (Wildman–Crippen MR) is 102 cm³/mol. The Morgan fingerprint density at radius 2 is 1.72 bits per heavy atom. The summed E-state index contributed by atoms with van der Waals surface area (Å²) in [5.74, 6) is -0.252. The first kappa shape index (κ1) is 19.0. The minimum atomic E-state index is -0.219. The molecule has 0 heterocycles. The molecule has 5 heteroatoms. The van der Waals surface area contributed by atoms with Gasteiger partial charge in [-0.25, -0.2) is 0 Å². The van der Waals surface area contributed by atoms with E-state index in [4.69, 9.17) is 11.6 Å². The van der Waals surface area contributed by atoms with Crippen molar-refractivity contribution in [2.45, 2.75) is 26.7 Å². The lowest BCUT2D eigenvalue weighted by Crippen LogP contribution is -2.27. The molecule has 0 radical (unpaired) electrons. The second-order valence-electron chi connectivity index (χ2n) is 6.07. The molecule has 0 fully saturated rings. The van der Waals surface area contributed by atoms with Crippen LogP contribution in [0.1, 0.15) is 46.0 Å². The van der Waals surface area contributed by atoms with Gasteiger partial charge in [-0.15, -0.1) is 0 Å². The van der Waals surface area contributed by atoms with E-state index < -0.39 is 0 Å². The van der Waals surface area contributed by atoms with Crippen molar-refractivity contribution in [3.63, 3.8) is 0 Å². The van der Waals surface area contributed by atoms with Gasteiger partial charge in [-0.05, 0) is 61.4 Å². The van der Waals surface area contributed by atoms with Crippen LogP contribution in [-0.4, -0.2) is 30.3 Å². The van der Waals surface area contributed by atoms with Crippen molar-refractivity contribution in [2.75, 3.05) is 18.9 Å². The third kappa shape index (κ3) is 5.07. The van der Waals surface area contributed by atoms with Crippen LogP contribution in [0.2, 0.25) is 5.02 Å². The minimum Gasteiger partial charge on any atom is -0.342 e. The van der Waals surface area contributed by atoms with Crippen molar-refractivity contribution in [2.24, 2.45) is 0 Å². The largest absolute Gasteiger partial charge is 0.342 e. The summed E-state index contributed by atoms with van der Waals surface area (Å²) in [7, 11) is 1.79. The van der Waals surface area contributed by atoms with Gasteiger partial charge in [0.15, 0.2) is 0 Å². The first-order valence-electron chi connectivity index (χ1n) is 8.35. The molecular formula is C20H23ClN2O2. The van der Waals surface area contributed by atoms with E-state index in [0.717, 1.165) is 24.9 Å². The van der Waals surface area contributed by atoms with E-state index in [-0.39, 0.29) is 11.8 Å². The summed E-state index contributed by atoms with van der Waals surface area (Å²) in [6.07, 6.45) is 2.02. The number of amides is 2. The maximum atomic E-state index is 12.4. The molecule has 132 valence electrons. The average Bonchev–Trinajstić information content (AvgIpc) is 2.61. The number of carbonyl (C=O) groups excluding carboxylic acids is 2. The van der Waals surface area contributed by atoms with Gasteiger partial charge in [-0.1, -0.05) is 24.9 Å². The summed E-state index contributed by atoms with van der Waals surface area (Å²) < 4.78 is 0. The monoisotopic (exact) mass is 358 g/mol. The Bertz CT molecular complexity index is 757. The average molecular weight is 359 g/mol. The normalized spacial score (nSPS) is 10.4. The fraction of sp³-hybridized carbons (Fsp3) is 0.300. The molecule has 0 atom stereocenters. The number of unbranched alkanes of at least 4 members (excludes halogenated alkanes) is 1. The Balaban J connectivity index is 2.06. The van der Waals surface area contributed by atoms with Crippen LogP contribution in [0.4, 0.5) is 5.69 Å². The van der Waals surface area contributed by atoms with E-state index in [0.29, 0.717) is 21.8 Å². The van der Waals surface area contributed by atoms with E-state index in [9.17, 15) is 9.59 Å². The standard InChI is InChI=1S/C20H23ClN2O2/c1-4-5-12-23(3)20(25)16-8-6-15(7-9-16)19(24)22-18-11-10-17(21)13-14(18)2/h6-11,13H,4-5,12H2,1-3H3,(H,22,24). The van der Waals surface area contributed by atoms with Crippen molar-refractivity contribution in [1.82, 2.24) is 4.90 Å². The number of halogens is 1. The number of anilines is 1. The van der Waals surface area contributed by atoms with Crippen LogP contribution in [0.25, 0.3) is 0 Å². The van der Waals surface area contributed by atoms with Gasteiger partial charge < -0.3 is 10.2 Å². The first-order valence-corrected chi connectivity index (χ1v) is 8.73. The van der Waals surface area contributed by atoms with Crippen LogP contribution in [0.5, 0.6) is 0 Å². The molecule has 0 aliphatic heterocycles. The van der Waals surface area contributed by atoms with Gasteiger partial charge in [0.05, 0.1) is 0 Å². The summed E-state index contributed by atoms with van der Waals surface area (Å²) in [6, 6.07) is 12.0. The highest BCUT2D eigenvalue weighted by Crippen LogP contribution is 2.20. The van der Waals surface area contributed by atoms with Crippen LogP contribution >= 0.6 is 11.6 Å². The zero-order chi connectivity index (χ0) is 18.4. The maximum absolute atomic E-state index is 12.4. The molecule has 0 aliphatic carbocycles. The van der Waals surface area contributed by atoms with E-state index in [1.807, 2.05) is 6.92 Å². The topological polar surface area (TPSA) is 49.4 Å². The molecule has 2 aromatic carbocycles. The second-order valence-corrected chi connectivity index (χ2v) is 6.51. The number of benzene rings is 2. The summed E-state index contributed by atoms with van der Waals surface area (Å²) >= 11 is 5.93. The molecule has 1 N–H and O–H groups in total. The lowest BCUT2D eigenvalue weighted by Gasteiger charge is -2.16. The molecule has 0 saturated heterocycles. The Morgan fingerprint density at radius 3 is 2.32 bits per heavy atom. The number of carbonyl (C=O) groups is 2. The first-order chi connectivity index (χ1) is 11.9. The van der Waals surface area contributed by atoms with E-state index in [2.05, 4.69) is 12.2 Å². The van der Waals surface area contributed by atoms with Crippen LogP contribution in [0.3, 0.4) is 0 Å². The number of nitrogens with zero attached hydrogens (tertiary/aromatic N) is 1. The van der Waals surface area contributed by atoms with E-state index >= 15 is 0 Å². The lowest BCUT2D eigenvalue weighted by molar-refractivity contribution is 0.0792. The molecule has 0 bridgehead atoms. The summed E-state index contributed by atoms with van der Waals surface area (Å²) in [5.41, 5.74) is 2.69. The molecule has 0 spiro atoms. The molecule has 2 amide bonds. The Labute approximate surface area is 153 Å². The van der Waals surface area contributed by atoms with Crippen molar-refractivity contribution < 1.29 is 9.59 Å². The molecule has 4 nitrogen and oxygen atoms in total. The highest BCUT2D eigenvalue weighted by atomic mass is 35.5. The van der Waals surface area contributed by atoms with Crippen LogP contribution in [0.15, 0.2) is 42.5 Å². The zero-order valence-corrected chi connectivity index (χ0v) is 15.6. The van der Waals surface area contributed by atoms with Gasteiger partial charge in [0.2, 0.25) is 0 Å². The van der Waals surface area contributed by atoms with Crippen LogP contribution < -0.4 is 5.32 Å². The van der Waals surface area contributed by atoms with E-state index in [1.54, 1.807) is 54.4 Å². The van der Waals surface area contributed by atoms with E-state index in [1.165, 1.54) is 0 Å². The maximum Gasteiger partial charge on any atom is 0.255 e. The number of aryl methyl sites for hydroxylation is 1. The Hall–Kier alpha value is -2.33. The number of rotatable bonds is 6. The Kier molecular flexibility index (Phi) is 6.59. The second kappa shape index (κ2) is 8.67. The minimum absolute atomic E-state index is 0.0334. The van der Waals surface area contributed by atoms with Crippen molar-refractivity contribution in [3.8, 4) is 0 Å². The fourth-order valence-corrected chi connectivity index (χ4v) is 2.67. The van der Waals surface area contributed by atoms with Gasteiger partial charge >= 0.3 is 0 Å². The van der Waals surface area contributed by atoms with Crippen LogP contribution in [0, 0.1) is 6.92 Å².